The number of hydrogen-bond acceptors (Lipinski definition) is 5. The van der Waals surface area contributed by atoms with E-state index in [1.54, 1.807) is 0 Å². The Balaban J connectivity index is 1.50. The van der Waals surface area contributed by atoms with Crippen LogP contribution in [0.2, 0.25) is 0 Å². The molecule has 5 heteroatoms. The van der Waals surface area contributed by atoms with Gasteiger partial charge in [-0.05, 0) is 53.7 Å². The Morgan fingerprint density at radius 1 is 1.24 bits per heavy atom. The van der Waals surface area contributed by atoms with E-state index in [2.05, 4.69) is 26.8 Å². The number of hydrogen-bond donors (Lipinski definition) is 0. The second-order valence-corrected chi connectivity index (χ2v) is 9.02. The minimum Gasteiger partial charge on any atom is -0.458 e. The smallest absolute Gasteiger partial charge is 0.334 e. The second kappa shape index (κ2) is 3.94. The van der Waals surface area contributed by atoms with Crippen molar-refractivity contribution in [3.05, 3.63) is 22.8 Å². The van der Waals surface area contributed by atoms with Crippen LogP contribution in [0.15, 0.2) is 22.8 Å². The number of epoxide rings is 2. The molecule has 0 N–H and O–H groups in total. The normalized spacial score (nSPS) is 51.8. The van der Waals surface area contributed by atoms with Crippen molar-refractivity contribution >= 4 is 11.8 Å². The standard InChI is InChI=1S/C20H22O5/c1-9(2)19-15(24-19)7-13-18(3)5-4-10-11(8-23-16(10)21)12(18)6-14-20(13,25-14)17(19)22/h7,9,12,14-15H,4-6,8H2,1-3H3/t12-,14-,15-,18+,19-,20+/m1/s1. The Labute approximate surface area is 146 Å². The SMILES string of the molecule is CC(C)[C@@]12O[C@@H]1C=C1[C@@]3(O[C@@H]3C[C@@H]3C4=C(CC[C@]13C)C(=O)OC4)C2=O. The van der Waals surface area contributed by atoms with Crippen molar-refractivity contribution in [1.29, 1.82) is 0 Å². The van der Waals surface area contributed by atoms with Gasteiger partial charge in [0.2, 0.25) is 5.78 Å². The minimum atomic E-state index is -0.760. The molecule has 0 aromatic rings. The van der Waals surface area contributed by atoms with E-state index >= 15 is 0 Å². The molecule has 0 amide bonds. The van der Waals surface area contributed by atoms with Crippen LogP contribution in [-0.4, -0.2) is 41.8 Å². The summed E-state index contributed by atoms with van der Waals surface area (Å²) in [6, 6.07) is 0. The first kappa shape index (κ1) is 14.7. The number of fused-ring (bicyclic) bond motifs is 4. The highest BCUT2D eigenvalue weighted by atomic mass is 16.6. The Morgan fingerprint density at radius 3 is 2.80 bits per heavy atom. The second-order valence-electron chi connectivity index (χ2n) is 9.02. The zero-order valence-electron chi connectivity index (χ0n) is 14.8. The van der Waals surface area contributed by atoms with Crippen LogP contribution in [0.25, 0.3) is 0 Å². The van der Waals surface area contributed by atoms with E-state index < -0.39 is 11.2 Å². The van der Waals surface area contributed by atoms with Gasteiger partial charge in [0.15, 0.2) is 11.2 Å². The average Bonchev–Trinajstić information content (AvgIpc) is 3.44. The monoisotopic (exact) mass is 342 g/mol. The summed E-state index contributed by atoms with van der Waals surface area (Å²) in [5.41, 5.74) is 1.56. The third kappa shape index (κ3) is 1.36. The predicted octanol–water partition coefficient (Wildman–Crippen LogP) is 2.10. The van der Waals surface area contributed by atoms with E-state index in [-0.39, 0.29) is 41.2 Å². The van der Waals surface area contributed by atoms with Crippen LogP contribution < -0.4 is 0 Å². The zero-order chi connectivity index (χ0) is 17.4. The van der Waals surface area contributed by atoms with E-state index in [1.165, 1.54) is 0 Å². The van der Waals surface area contributed by atoms with Gasteiger partial charge in [-0.2, -0.15) is 0 Å². The first-order chi connectivity index (χ1) is 11.9. The van der Waals surface area contributed by atoms with Crippen molar-refractivity contribution in [2.45, 2.75) is 63.4 Å². The van der Waals surface area contributed by atoms with Gasteiger partial charge in [0.25, 0.3) is 0 Å². The lowest BCUT2D eigenvalue weighted by Gasteiger charge is -2.49. The number of carbonyl (C=O) groups is 2. The molecule has 6 atom stereocenters. The molecule has 0 radical (unpaired) electrons. The molecule has 6 rings (SSSR count). The fourth-order valence-corrected chi connectivity index (χ4v) is 6.29. The molecule has 0 aromatic carbocycles. The van der Waals surface area contributed by atoms with Gasteiger partial charge >= 0.3 is 5.97 Å². The summed E-state index contributed by atoms with van der Waals surface area (Å²) >= 11 is 0. The lowest BCUT2D eigenvalue weighted by Crippen LogP contribution is -2.55. The van der Waals surface area contributed by atoms with E-state index in [1.807, 2.05) is 0 Å². The number of ketones is 1. The van der Waals surface area contributed by atoms with Crippen LogP contribution in [0.5, 0.6) is 0 Å². The molecular weight excluding hydrogens is 320 g/mol. The van der Waals surface area contributed by atoms with Crippen molar-refractivity contribution in [3.63, 3.8) is 0 Å². The fraction of sp³-hybridized carbons (Fsp3) is 0.700. The Hall–Kier alpha value is -1.46. The van der Waals surface area contributed by atoms with Gasteiger partial charge in [-0.1, -0.05) is 20.8 Å². The summed E-state index contributed by atoms with van der Waals surface area (Å²) in [6.45, 7) is 6.76. The summed E-state index contributed by atoms with van der Waals surface area (Å²) < 4.78 is 17.4. The van der Waals surface area contributed by atoms with Gasteiger partial charge in [0, 0.05) is 5.57 Å². The average molecular weight is 342 g/mol. The van der Waals surface area contributed by atoms with Crippen LogP contribution in [0.1, 0.15) is 40.0 Å². The van der Waals surface area contributed by atoms with Gasteiger partial charge in [-0.25, -0.2) is 4.79 Å². The number of carbonyl (C=O) groups excluding carboxylic acids is 2. The molecule has 132 valence electrons. The molecule has 6 aliphatic rings. The molecule has 3 fully saturated rings. The molecule has 3 aliphatic heterocycles. The maximum Gasteiger partial charge on any atom is 0.334 e. The minimum absolute atomic E-state index is 0.0762. The largest absolute Gasteiger partial charge is 0.458 e. The maximum absolute atomic E-state index is 13.4. The Kier molecular flexibility index (Phi) is 2.31. The van der Waals surface area contributed by atoms with Crippen molar-refractivity contribution < 1.29 is 23.8 Å². The van der Waals surface area contributed by atoms with Crippen LogP contribution in [0, 0.1) is 17.3 Å². The molecule has 3 aliphatic carbocycles. The molecule has 25 heavy (non-hydrogen) atoms. The molecule has 1 saturated carbocycles. The topological polar surface area (TPSA) is 68.4 Å². The summed E-state index contributed by atoms with van der Waals surface area (Å²) in [5, 5.41) is 0. The maximum atomic E-state index is 13.4. The molecular formula is C20H22O5. The van der Waals surface area contributed by atoms with Crippen molar-refractivity contribution in [3.8, 4) is 0 Å². The fourth-order valence-electron chi connectivity index (χ4n) is 6.29. The third-order valence-corrected chi connectivity index (χ3v) is 7.82. The van der Waals surface area contributed by atoms with E-state index in [0.29, 0.717) is 6.61 Å². The van der Waals surface area contributed by atoms with Crippen LogP contribution in [0.4, 0.5) is 0 Å². The molecule has 0 bridgehead atoms. The van der Waals surface area contributed by atoms with Gasteiger partial charge < -0.3 is 14.2 Å². The quantitative estimate of drug-likeness (QED) is 0.415. The zero-order valence-corrected chi connectivity index (χ0v) is 14.8. The summed E-state index contributed by atoms with van der Waals surface area (Å²) in [4.78, 5) is 25.4. The molecule has 0 unspecified atom stereocenters. The van der Waals surface area contributed by atoms with Gasteiger partial charge in [0.05, 0.1) is 0 Å². The Morgan fingerprint density at radius 2 is 2.04 bits per heavy atom. The third-order valence-electron chi connectivity index (χ3n) is 7.82. The van der Waals surface area contributed by atoms with Gasteiger partial charge in [-0.3, -0.25) is 4.79 Å². The summed E-state index contributed by atoms with van der Waals surface area (Å²) in [5.74, 6) is 0.367. The highest BCUT2D eigenvalue weighted by Crippen LogP contribution is 2.70. The number of ether oxygens (including phenoxy) is 3. The number of rotatable bonds is 1. The van der Waals surface area contributed by atoms with E-state index in [0.717, 1.165) is 36.0 Å². The van der Waals surface area contributed by atoms with Crippen molar-refractivity contribution in [2.24, 2.45) is 17.3 Å². The number of esters is 1. The Bertz CT molecular complexity index is 822. The van der Waals surface area contributed by atoms with Crippen molar-refractivity contribution in [2.75, 3.05) is 6.61 Å². The highest BCUT2D eigenvalue weighted by Gasteiger charge is 2.82. The lowest BCUT2D eigenvalue weighted by molar-refractivity contribution is -0.136. The number of cyclic esters (lactones) is 1. The molecule has 0 aromatic heterocycles. The van der Waals surface area contributed by atoms with Crippen LogP contribution in [-0.2, 0) is 23.8 Å². The summed E-state index contributed by atoms with van der Waals surface area (Å²) in [6.07, 6.45) is 4.40. The van der Waals surface area contributed by atoms with Crippen LogP contribution in [0.3, 0.4) is 0 Å². The molecule has 3 heterocycles. The number of Topliss-reactive ketones (excluding diaryl/α,β-unsaturated/α-hetero) is 1. The summed E-state index contributed by atoms with van der Waals surface area (Å²) in [7, 11) is 0. The van der Waals surface area contributed by atoms with E-state index in [4.69, 9.17) is 14.2 Å². The first-order valence-corrected chi connectivity index (χ1v) is 9.38. The molecule has 5 nitrogen and oxygen atoms in total. The lowest BCUT2D eigenvalue weighted by atomic mass is 9.51. The first-order valence-electron chi connectivity index (χ1n) is 9.38. The van der Waals surface area contributed by atoms with E-state index in [9.17, 15) is 9.59 Å². The van der Waals surface area contributed by atoms with Gasteiger partial charge in [0.1, 0.15) is 18.8 Å². The van der Waals surface area contributed by atoms with Crippen molar-refractivity contribution in [1.82, 2.24) is 0 Å². The predicted molar refractivity (Wildman–Crippen MR) is 86.6 cm³/mol. The van der Waals surface area contributed by atoms with Gasteiger partial charge in [-0.15, -0.1) is 0 Å². The highest BCUT2D eigenvalue weighted by molar-refractivity contribution is 6.06. The van der Waals surface area contributed by atoms with Crippen LogP contribution >= 0.6 is 0 Å². The molecule has 2 saturated heterocycles. The molecule has 1 spiro atoms.